The predicted molar refractivity (Wildman–Crippen MR) is 127 cm³/mol. The second kappa shape index (κ2) is 8.84. The van der Waals surface area contributed by atoms with Gasteiger partial charge in [-0.3, -0.25) is 4.72 Å². The van der Waals surface area contributed by atoms with Crippen LogP contribution in [0.2, 0.25) is 0 Å². The molecule has 0 spiro atoms. The fourth-order valence-corrected chi connectivity index (χ4v) is 4.66. The number of hydrogen-bond donors (Lipinski definition) is 2. The first kappa shape index (κ1) is 21.6. The van der Waals surface area contributed by atoms with Gasteiger partial charge in [-0.05, 0) is 62.2 Å². The Bertz CT molecular complexity index is 1390. The Kier molecular flexibility index (Phi) is 5.96. The predicted octanol–water partition coefficient (Wildman–Crippen LogP) is 5.19. The number of fused-ring (bicyclic) bond motifs is 1. The lowest BCUT2D eigenvalue weighted by Gasteiger charge is -2.16. The van der Waals surface area contributed by atoms with Gasteiger partial charge in [-0.15, -0.1) is 0 Å². The molecular formula is C24H24N4O3S. The number of para-hydroxylation sites is 4. The number of ether oxygens (including phenoxy) is 1. The smallest absolute Gasteiger partial charge is 0.263 e. The molecule has 164 valence electrons. The zero-order valence-corrected chi connectivity index (χ0v) is 18.9. The highest BCUT2D eigenvalue weighted by atomic mass is 32.2. The summed E-state index contributed by atoms with van der Waals surface area (Å²) >= 11 is 0. The number of benzene rings is 3. The molecule has 0 unspecified atom stereocenters. The normalized spacial score (nSPS) is 11.3. The van der Waals surface area contributed by atoms with Crippen LogP contribution in [0.3, 0.4) is 0 Å². The van der Waals surface area contributed by atoms with Gasteiger partial charge in [0.05, 0.1) is 28.2 Å². The fourth-order valence-electron chi connectivity index (χ4n) is 3.32. The maximum absolute atomic E-state index is 13.3. The molecule has 0 aliphatic heterocycles. The van der Waals surface area contributed by atoms with Crippen LogP contribution in [0.5, 0.6) is 5.75 Å². The summed E-state index contributed by atoms with van der Waals surface area (Å²) in [6.45, 7) is 6.01. The van der Waals surface area contributed by atoms with Crippen LogP contribution in [-0.2, 0) is 10.0 Å². The van der Waals surface area contributed by atoms with E-state index in [1.807, 2.05) is 62.4 Å². The monoisotopic (exact) mass is 448 g/mol. The van der Waals surface area contributed by atoms with Crippen LogP contribution in [0.1, 0.15) is 18.1 Å². The second-order valence-corrected chi connectivity index (χ2v) is 8.99. The number of nitrogens with zero attached hydrogens (tertiary/aromatic N) is 2. The van der Waals surface area contributed by atoms with Gasteiger partial charge in [0.25, 0.3) is 10.0 Å². The van der Waals surface area contributed by atoms with E-state index in [9.17, 15) is 8.42 Å². The van der Waals surface area contributed by atoms with E-state index in [-0.39, 0.29) is 16.5 Å². The van der Waals surface area contributed by atoms with Crippen LogP contribution in [0.15, 0.2) is 71.6 Å². The quantitative estimate of drug-likeness (QED) is 0.404. The first-order valence-electron chi connectivity index (χ1n) is 10.2. The summed E-state index contributed by atoms with van der Waals surface area (Å²) in [6.07, 6.45) is 0. The Morgan fingerprint density at radius 2 is 1.53 bits per heavy atom. The third-order valence-corrected chi connectivity index (χ3v) is 6.36. The second-order valence-electron chi connectivity index (χ2n) is 7.34. The number of aryl methyl sites for hydroxylation is 2. The van der Waals surface area contributed by atoms with E-state index in [4.69, 9.17) is 4.74 Å². The molecule has 3 aromatic carbocycles. The molecule has 2 N–H and O–H groups in total. The highest BCUT2D eigenvalue weighted by Gasteiger charge is 2.21. The van der Waals surface area contributed by atoms with Crippen LogP contribution in [0, 0.1) is 13.8 Å². The minimum Gasteiger partial charge on any atom is -0.492 e. The molecule has 8 heteroatoms. The van der Waals surface area contributed by atoms with Crippen molar-refractivity contribution in [2.24, 2.45) is 0 Å². The molecule has 0 saturated heterocycles. The van der Waals surface area contributed by atoms with Crippen molar-refractivity contribution in [1.29, 1.82) is 0 Å². The Labute approximate surface area is 187 Å². The Morgan fingerprint density at radius 3 is 2.25 bits per heavy atom. The maximum Gasteiger partial charge on any atom is 0.263 e. The molecule has 4 aromatic rings. The number of sulfonamides is 1. The number of nitrogens with one attached hydrogen (secondary N) is 2. The molecule has 0 amide bonds. The molecule has 7 nitrogen and oxygen atoms in total. The van der Waals surface area contributed by atoms with E-state index in [1.165, 1.54) is 0 Å². The van der Waals surface area contributed by atoms with Gasteiger partial charge >= 0.3 is 0 Å². The molecule has 1 heterocycles. The van der Waals surface area contributed by atoms with Crippen LogP contribution in [0.25, 0.3) is 11.0 Å². The molecular weight excluding hydrogens is 424 g/mol. The standard InChI is InChI=1S/C24H24N4O3S/c1-4-31-21-12-8-7-11-20(21)27-23-24(26-19-10-6-5-9-18(19)25-23)28-32(29,30)22-15-16(2)13-14-17(22)3/h5-15H,4H2,1-3H3,(H,25,27)(H,26,28). The first-order chi connectivity index (χ1) is 15.4. The minimum absolute atomic E-state index is 0.107. The molecule has 32 heavy (non-hydrogen) atoms. The molecule has 0 atom stereocenters. The largest absolute Gasteiger partial charge is 0.492 e. The van der Waals surface area contributed by atoms with Gasteiger partial charge in [0, 0.05) is 0 Å². The van der Waals surface area contributed by atoms with Crippen molar-refractivity contribution >= 4 is 38.4 Å². The lowest BCUT2D eigenvalue weighted by molar-refractivity contribution is 0.342. The summed E-state index contributed by atoms with van der Waals surface area (Å²) in [4.78, 5) is 9.39. The number of aromatic nitrogens is 2. The molecule has 0 radical (unpaired) electrons. The van der Waals surface area contributed by atoms with Gasteiger partial charge in [-0.2, -0.15) is 0 Å². The van der Waals surface area contributed by atoms with E-state index in [2.05, 4.69) is 20.0 Å². The van der Waals surface area contributed by atoms with Crippen molar-refractivity contribution in [2.75, 3.05) is 16.6 Å². The molecule has 1 aromatic heterocycles. The lowest BCUT2D eigenvalue weighted by atomic mass is 10.2. The molecule has 0 aliphatic rings. The van der Waals surface area contributed by atoms with Gasteiger partial charge in [0.2, 0.25) is 0 Å². The van der Waals surface area contributed by atoms with Crippen molar-refractivity contribution in [2.45, 2.75) is 25.7 Å². The molecule has 0 saturated carbocycles. The average molecular weight is 449 g/mol. The average Bonchev–Trinajstić information content (AvgIpc) is 2.77. The zero-order chi connectivity index (χ0) is 22.7. The third kappa shape index (κ3) is 4.50. The number of anilines is 3. The van der Waals surface area contributed by atoms with Gasteiger partial charge in [0.15, 0.2) is 11.6 Å². The topological polar surface area (TPSA) is 93.2 Å². The summed E-state index contributed by atoms with van der Waals surface area (Å²) in [5, 5.41) is 3.19. The van der Waals surface area contributed by atoms with Crippen LogP contribution in [0.4, 0.5) is 17.3 Å². The maximum atomic E-state index is 13.3. The van der Waals surface area contributed by atoms with Gasteiger partial charge in [-0.25, -0.2) is 18.4 Å². The van der Waals surface area contributed by atoms with Crippen molar-refractivity contribution in [1.82, 2.24) is 9.97 Å². The van der Waals surface area contributed by atoms with E-state index < -0.39 is 10.0 Å². The van der Waals surface area contributed by atoms with Crippen LogP contribution < -0.4 is 14.8 Å². The van der Waals surface area contributed by atoms with Crippen molar-refractivity contribution in [3.05, 3.63) is 77.9 Å². The SMILES string of the molecule is CCOc1ccccc1Nc1nc2ccccc2nc1NS(=O)(=O)c1cc(C)ccc1C. The molecule has 0 bridgehead atoms. The van der Waals surface area contributed by atoms with Crippen LogP contribution >= 0.6 is 0 Å². The molecule has 0 fully saturated rings. The Morgan fingerprint density at radius 1 is 0.875 bits per heavy atom. The molecule has 0 aliphatic carbocycles. The summed E-state index contributed by atoms with van der Waals surface area (Å²) in [6, 6.07) is 20.0. The van der Waals surface area contributed by atoms with Crippen molar-refractivity contribution < 1.29 is 13.2 Å². The third-order valence-electron chi connectivity index (χ3n) is 4.87. The fraction of sp³-hybridized carbons (Fsp3) is 0.167. The summed E-state index contributed by atoms with van der Waals surface area (Å²) in [5.74, 6) is 1.02. The van der Waals surface area contributed by atoms with Crippen molar-refractivity contribution in [3.8, 4) is 5.75 Å². The van der Waals surface area contributed by atoms with E-state index >= 15 is 0 Å². The summed E-state index contributed by atoms with van der Waals surface area (Å²) in [7, 11) is -3.89. The highest BCUT2D eigenvalue weighted by Crippen LogP contribution is 2.32. The van der Waals surface area contributed by atoms with Crippen LogP contribution in [-0.4, -0.2) is 25.0 Å². The molecule has 4 rings (SSSR count). The zero-order valence-electron chi connectivity index (χ0n) is 18.1. The highest BCUT2D eigenvalue weighted by molar-refractivity contribution is 7.92. The van der Waals surface area contributed by atoms with E-state index in [1.54, 1.807) is 25.1 Å². The van der Waals surface area contributed by atoms with E-state index in [0.29, 0.717) is 34.6 Å². The minimum atomic E-state index is -3.89. The van der Waals surface area contributed by atoms with Gasteiger partial charge < -0.3 is 10.1 Å². The van der Waals surface area contributed by atoms with E-state index in [0.717, 1.165) is 5.56 Å². The Balaban J connectivity index is 1.81. The summed E-state index contributed by atoms with van der Waals surface area (Å²) < 4.78 is 34.8. The lowest BCUT2D eigenvalue weighted by Crippen LogP contribution is -2.17. The Hall–Kier alpha value is -3.65. The van der Waals surface area contributed by atoms with Crippen molar-refractivity contribution in [3.63, 3.8) is 0 Å². The van der Waals surface area contributed by atoms with Gasteiger partial charge in [0.1, 0.15) is 5.75 Å². The number of rotatable bonds is 7. The summed E-state index contributed by atoms with van der Waals surface area (Å²) in [5.41, 5.74) is 3.37. The number of hydrogen-bond acceptors (Lipinski definition) is 6. The first-order valence-corrected chi connectivity index (χ1v) is 11.7. The van der Waals surface area contributed by atoms with Gasteiger partial charge in [-0.1, -0.05) is 36.4 Å².